The number of hydrogen-bond acceptors (Lipinski definition) is 5. The third-order valence-electron chi connectivity index (χ3n) is 5.66. The molecule has 0 bridgehead atoms. The minimum absolute atomic E-state index is 0.115. The van der Waals surface area contributed by atoms with Crippen LogP contribution in [0.4, 0.5) is 0 Å². The molecule has 7 heteroatoms. The first-order chi connectivity index (χ1) is 14.4. The molecule has 2 atom stereocenters. The van der Waals surface area contributed by atoms with Crippen LogP contribution in [-0.4, -0.2) is 22.6 Å². The number of benzene rings is 2. The van der Waals surface area contributed by atoms with Gasteiger partial charge in [0.25, 0.3) is 0 Å². The molecule has 3 aromatic rings. The van der Waals surface area contributed by atoms with E-state index in [2.05, 4.69) is 11.4 Å². The molecule has 0 spiro atoms. The Morgan fingerprint density at radius 3 is 2.63 bits per heavy atom. The number of nitrogens with one attached hydrogen (secondary N) is 1. The molecule has 154 valence electrons. The zero-order chi connectivity index (χ0) is 21.3. The van der Waals surface area contributed by atoms with Crippen LogP contribution in [0.25, 0.3) is 22.2 Å². The number of aryl methyl sites for hydroxylation is 1. The van der Waals surface area contributed by atoms with Gasteiger partial charge < -0.3 is 15.5 Å². The number of carbonyl (C=O) groups is 1. The normalized spacial score (nSPS) is 15.5. The maximum atomic E-state index is 12.1. The number of amides is 1. The summed E-state index contributed by atoms with van der Waals surface area (Å²) in [7, 11) is 1.68. The lowest BCUT2D eigenvalue weighted by atomic mass is 10.0. The van der Waals surface area contributed by atoms with Gasteiger partial charge >= 0.3 is 5.76 Å². The van der Waals surface area contributed by atoms with Gasteiger partial charge in [0.1, 0.15) is 6.04 Å². The molecule has 1 aliphatic carbocycles. The predicted octanol–water partition coefficient (Wildman–Crippen LogP) is 2.48. The zero-order valence-electron chi connectivity index (χ0n) is 16.8. The second-order valence-corrected chi connectivity index (χ2v) is 7.97. The zero-order valence-corrected chi connectivity index (χ0v) is 16.8. The lowest BCUT2D eigenvalue weighted by Gasteiger charge is -2.14. The largest absolute Gasteiger partial charge is 0.419 e. The minimum atomic E-state index is -0.591. The molecule has 0 saturated heterocycles. The molecular formula is C23H24N4O3. The maximum absolute atomic E-state index is 12.1. The Morgan fingerprint density at radius 2 is 1.97 bits per heavy atom. The molecule has 0 radical (unpaired) electrons. The fourth-order valence-electron chi connectivity index (χ4n) is 3.66. The summed E-state index contributed by atoms with van der Waals surface area (Å²) in [4.78, 5) is 23.8. The number of fused-ring (bicyclic) bond motifs is 1. The molecule has 3 N–H and O–H groups in total. The quantitative estimate of drug-likeness (QED) is 0.628. The molecule has 7 nitrogen and oxygen atoms in total. The Balaban J connectivity index is 1.42. The SMILES string of the molecule is Cn1c(=O)oc2ccc(-c3ccc(CC(C#N)NC(=O)CC(N)C4CC4)cc3)cc21. The summed E-state index contributed by atoms with van der Waals surface area (Å²) in [6.07, 6.45) is 2.87. The predicted molar refractivity (Wildman–Crippen MR) is 113 cm³/mol. The van der Waals surface area contributed by atoms with E-state index in [0.29, 0.717) is 17.9 Å². The van der Waals surface area contributed by atoms with E-state index >= 15 is 0 Å². The lowest BCUT2D eigenvalue weighted by molar-refractivity contribution is -0.121. The Kier molecular flexibility index (Phi) is 5.42. The van der Waals surface area contributed by atoms with E-state index in [1.807, 2.05) is 36.4 Å². The van der Waals surface area contributed by atoms with Crippen LogP contribution in [0.3, 0.4) is 0 Å². The number of nitrogens with two attached hydrogens (primary N) is 1. The van der Waals surface area contributed by atoms with Crippen LogP contribution in [0.2, 0.25) is 0 Å². The Labute approximate surface area is 174 Å². The van der Waals surface area contributed by atoms with Gasteiger partial charge in [-0.15, -0.1) is 0 Å². The molecule has 0 aliphatic heterocycles. The van der Waals surface area contributed by atoms with Crippen molar-refractivity contribution in [3.8, 4) is 17.2 Å². The van der Waals surface area contributed by atoms with Gasteiger partial charge in [-0.3, -0.25) is 9.36 Å². The summed E-state index contributed by atoms with van der Waals surface area (Å²) < 4.78 is 6.65. The van der Waals surface area contributed by atoms with Crippen LogP contribution in [-0.2, 0) is 18.3 Å². The van der Waals surface area contributed by atoms with Gasteiger partial charge in [0, 0.05) is 25.9 Å². The van der Waals surface area contributed by atoms with Gasteiger partial charge in [0.2, 0.25) is 5.91 Å². The fraction of sp³-hybridized carbons (Fsp3) is 0.348. The average Bonchev–Trinajstić information content (AvgIpc) is 3.55. The summed E-state index contributed by atoms with van der Waals surface area (Å²) in [5.41, 5.74) is 10.2. The molecule has 2 aromatic carbocycles. The summed E-state index contributed by atoms with van der Waals surface area (Å²) in [6.45, 7) is 0. The van der Waals surface area contributed by atoms with E-state index in [1.165, 1.54) is 4.57 Å². The van der Waals surface area contributed by atoms with Crippen molar-refractivity contribution in [1.82, 2.24) is 9.88 Å². The molecule has 1 aliphatic rings. The van der Waals surface area contributed by atoms with Gasteiger partial charge in [-0.2, -0.15) is 5.26 Å². The van der Waals surface area contributed by atoms with Gasteiger partial charge in [-0.1, -0.05) is 30.3 Å². The monoisotopic (exact) mass is 404 g/mol. The molecule has 1 saturated carbocycles. The standard InChI is InChI=1S/C23H24N4O3/c1-27-20-11-17(8-9-21(20)30-23(27)29)15-4-2-14(3-5-15)10-18(13-24)26-22(28)12-19(25)16-6-7-16/h2-5,8-9,11,16,18-19H,6-7,10,12,25H2,1H3,(H,26,28). The van der Waals surface area contributed by atoms with Crippen molar-refractivity contribution in [2.24, 2.45) is 18.7 Å². The van der Waals surface area contributed by atoms with Gasteiger partial charge in [-0.05, 0) is 47.6 Å². The minimum Gasteiger partial charge on any atom is -0.408 e. The van der Waals surface area contributed by atoms with Crippen molar-refractivity contribution in [2.75, 3.05) is 0 Å². The van der Waals surface area contributed by atoms with Crippen molar-refractivity contribution in [3.63, 3.8) is 0 Å². The van der Waals surface area contributed by atoms with Crippen molar-refractivity contribution in [2.45, 2.75) is 37.8 Å². The van der Waals surface area contributed by atoms with E-state index in [0.717, 1.165) is 35.0 Å². The summed E-state index contributed by atoms with van der Waals surface area (Å²) in [6, 6.07) is 14.9. The first-order valence-corrected chi connectivity index (χ1v) is 10.1. The fourth-order valence-corrected chi connectivity index (χ4v) is 3.66. The van der Waals surface area contributed by atoms with Crippen LogP contribution >= 0.6 is 0 Å². The highest BCUT2D eigenvalue weighted by atomic mass is 16.4. The number of carbonyl (C=O) groups excluding carboxylic acids is 1. The van der Waals surface area contributed by atoms with E-state index in [-0.39, 0.29) is 24.1 Å². The molecule has 4 rings (SSSR count). The Bertz CT molecular complexity index is 1170. The highest BCUT2D eigenvalue weighted by Crippen LogP contribution is 2.32. The third-order valence-corrected chi connectivity index (χ3v) is 5.66. The van der Waals surface area contributed by atoms with Crippen LogP contribution in [0, 0.1) is 17.2 Å². The number of nitrogens with zero attached hydrogens (tertiary/aromatic N) is 2. The number of hydrogen-bond donors (Lipinski definition) is 2. The Morgan fingerprint density at radius 1 is 1.27 bits per heavy atom. The van der Waals surface area contributed by atoms with Crippen LogP contribution in [0.15, 0.2) is 51.7 Å². The van der Waals surface area contributed by atoms with E-state index < -0.39 is 6.04 Å². The van der Waals surface area contributed by atoms with E-state index in [4.69, 9.17) is 10.2 Å². The molecular weight excluding hydrogens is 380 g/mol. The summed E-state index contributed by atoms with van der Waals surface area (Å²) in [5, 5.41) is 12.2. The third kappa shape index (κ3) is 4.29. The van der Waals surface area contributed by atoms with E-state index in [9.17, 15) is 14.9 Å². The van der Waals surface area contributed by atoms with Gasteiger partial charge in [0.05, 0.1) is 11.6 Å². The van der Waals surface area contributed by atoms with Crippen molar-refractivity contribution in [3.05, 3.63) is 58.6 Å². The second-order valence-electron chi connectivity index (χ2n) is 7.97. The molecule has 1 aromatic heterocycles. The van der Waals surface area contributed by atoms with Gasteiger partial charge in [-0.25, -0.2) is 4.79 Å². The van der Waals surface area contributed by atoms with Crippen LogP contribution in [0.1, 0.15) is 24.8 Å². The lowest BCUT2D eigenvalue weighted by Crippen LogP contribution is -2.39. The first kappa shape index (κ1) is 19.9. The first-order valence-electron chi connectivity index (χ1n) is 10.1. The topological polar surface area (TPSA) is 114 Å². The number of rotatable bonds is 7. The molecule has 1 heterocycles. The van der Waals surface area contributed by atoms with Crippen LogP contribution in [0.5, 0.6) is 0 Å². The molecule has 1 fully saturated rings. The highest BCUT2D eigenvalue weighted by Gasteiger charge is 2.30. The highest BCUT2D eigenvalue weighted by molar-refractivity contribution is 5.80. The van der Waals surface area contributed by atoms with Gasteiger partial charge in [0.15, 0.2) is 5.58 Å². The van der Waals surface area contributed by atoms with Crippen LogP contribution < -0.4 is 16.8 Å². The van der Waals surface area contributed by atoms with Crippen molar-refractivity contribution < 1.29 is 9.21 Å². The van der Waals surface area contributed by atoms with Crippen molar-refractivity contribution >= 4 is 17.0 Å². The number of aromatic nitrogens is 1. The second kappa shape index (κ2) is 8.17. The summed E-state index contributed by atoms with van der Waals surface area (Å²) in [5.74, 6) is -0.107. The smallest absolute Gasteiger partial charge is 0.408 e. The molecule has 30 heavy (non-hydrogen) atoms. The van der Waals surface area contributed by atoms with E-state index in [1.54, 1.807) is 13.1 Å². The van der Waals surface area contributed by atoms with Crippen molar-refractivity contribution in [1.29, 1.82) is 5.26 Å². The maximum Gasteiger partial charge on any atom is 0.419 e. The number of oxazole rings is 1. The Hall–Kier alpha value is -3.37. The molecule has 1 amide bonds. The number of nitriles is 1. The molecule has 2 unspecified atom stereocenters. The summed E-state index contributed by atoms with van der Waals surface area (Å²) >= 11 is 0. The average molecular weight is 404 g/mol.